The number of nitrogens with zero attached hydrogens (tertiary/aromatic N) is 2. The number of aromatic nitrogens is 2. The maximum Gasteiger partial charge on any atom is 0.240 e. The molecule has 112 valence electrons. The maximum absolute atomic E-state index is 11.7. The molecular formula is C12H13ClN4O3S. The van der Waals surface area contributed by atoms with Gasteiger partial charge < -0.3 is 9.88 Å². The first kappa shape index (κ1) is 15.5. The molecule has 0 aliphatic heterocycles. The molecule has 0 atom stereocenters. The van der Waals surface area contributed by atoms with Crippen LogP contribution in [-0.4, -0.2) is 23.9 Å². The summed E-state index contributed by atoms with van der Waals surface area (Å²) in [5.41, 5.74) is 0.757. The van der Waals surface area contributed by atoms with Gasteiger partial charge in [0.05, 0.1) is 4.90 Å². The van der Waals surface area contributed by atoms with E-state index in [2.05, 4.69) is 10.3 Å². The van der Waals surface area contributed by atoms with E-state index in [4.69, 9.17) is 16.7 Å². The Labute approximate surface area is 126 Å². The summed E-state index contributed by atoms with van der Waals surface area (Å²) in [6.07, 6.45) is 3.10. The first-order valence-electron chi connectivity index (χ1n) is 5.91. The summed E-state index contributed by atoms with van der Waals surface area (Å²) in [6, 6.07) is 5.96. The third-order valence-corrected chi connectivity index (χ3v) is 3.96. The van der Waals surface area contributed by atoms with Gasteiger partial charge in [0, 0.05) is 18.9 Å². The van der Waals surface area contributed by atoms with Crippen LogP contribution in [0, 0.1) is 0 Å². The number of hydrogen-bond acceptors (Lipinski definition) is 4. The Morgan fingerprint density at radius 3 is 2.52 bits per heavy atom. The normalized spacial score (nSPS) is 11.3. The molecule has 7 nitrogen and oxygen atoms in total. The van der Waals surface area contributed by atoms with Gasteiger partial charge in [-0.05, 0) is 29.3 Å². The van der Waals surface area contributed by atoms with Crippen LogP contribution in [0.5, 0.6) is 0 Å². The van der Waals surface area contributed by atoms with Gasteiger partial charge in [-0.15, -0.1) is 0 Å². The van der Waals surface area contributed by atoms with Crippen LogP contribution in [0.15, 0.2) is 41.6 Å². The van der Waals surface area contributed by atoms with E-state index in [1.807, 2.05) is 0 Å². The van der Waals surface area contributed by atoms with Crippen molar-refractivity contribution >= 4 is 27.5 Å². The van der Waals surface area contributed by atoms with Crippen LogP contribution >= 0.6 is 11.6 Å². The topological polar surface area (TPSA) is 107 Å². The van der Waals surface area contributed by atoms with Crippen molar-refractivity contribution in [3.8, 4) is 0 Å². The molecule has 21 heavy (non-hydrogen) atoms. The second-order valence-electron chi connectivity index (χ2n) is 4.29. The van der Waals surface area contributed by atoms with E-state index in [0.29, 0.717) is 0 Å². The van der Waals surface area contributed by atoms with Crippen molar-refractivity contribution in [2.24, 2.45) is 5.14 Å². The molecular weight excluding hydrogens is 316 g/mol. The smallest absolute Gasteiger partial charge is 0.240 e. The van der Waals surface area contributed by atoms with Crippen LogP contribution in [-0.2, 0) is 27.9 Å². The Balaban J connectivity index is 1.91. The van der Waals surface area contributed by atoms with E-state index in [-0.39, 0.29) is 29.2 Å². The molecule has 0 radical (unpaired) electrons. The minimum atomic E-state index is -3.70. The highest BCUT2D eigenvalue weighted by Crippen LogP contribution is 2.08. The van der Waals surface area contributed by atoms with Gasteiger partial charge in [0.2, 0.25) is 21.2 Å². The lowest BCUT2D eigenvalue weighted by Crippen LogP contribution is -2.27. The van der Waals surface area contributed by atoms with Crippen LogP contribution in [0.1, 0.15) is 5.56 Å². The number of nitrogens with two attached hydrogens (primary N) is 1. The molecule has 0 aliphatic carbocycles. The minimum absolute atomic E-state index is 0.0303. The zero-order chi connectivity index (χ0) is 15.5. The first-order valence-corrected chi connectivity index (χ1v) is 7.84. The van der Waals surface area contributed by atoms with Crippen molar-refractivity contribution in [3.63, 3.8) is 0 Å². The number of imidazole rings is 1. The fourth-order valence-electron chi connectivity index (χ4n) is 1.64. The van der Waals surface area contributed by atoms with Crippen LogP contribution in [0.4, 0.5) is 0 Å². The molecule has 0 unspecified atom stereocenters. The highest BCUT2D eigenvalue weighted by atomic mass is 35.5. The zero-order valence-electron chi connectivity index (χ0n) is 10.9. The van der Waals surface area contributed by atoms with Gasteiger partial charge in [0.1, 0.15) is 6.54 Å². The summed E-state index contributed by atoms with van der Waals surface area (Å²) in [5.74, 6) is -0.231. The van der Waals surface area contributed by atoms with E-state index in [1.54, 1.807) is 18.3 Å². The number of rotatable bonds is 5. The highest BCUT2D eigenvalue weighted by Gasteiger charge is 2.08. The van der Waals surface area contributed by atoms with Crippen molar-refractivity contribution in [1.82, 2.24) is 14.9 Å². The quantitative estimate of drug-likeness (QED) is 0.833. The van der Waals surface area contributed by atoms with Crippen molar-refractivity contribution in [2.75, 3.05) is 0 Å². The maximum atomic E-state index is 11.7. The standard InChI is InChI=1S/C12H13ClN4O3S/c13-12-15-5-6-17(12)8-11(18)16-7-9-1-3-10(4-2-9)21(14,19)20/h1-6H,7-8H2,(H,16,18)(H2,14,19,20). The summed E-state index contributed by atoms with van der Waals surface area (Å²) in [7, 11) is -3.70. The van der Waals surface area contributed by atoms with E-state index >= 15 is 0 Å². The number of halogens is 1. The molecule has 3 N–H and O–H groups in total. The van der Waals surface area contributed by atoms with E-state index in [1.165, 1.54) is 22.9 Å². The summed E-state index contributed by atoms with van der Waals surface area (Å²) in [6.45, 7) is 0.337. The molecule has 1 amide bonds. The average molecular weight is 329 g/mol. The molecule has 0 saturated carbocycles. The molecule has 0 fully saturated rings. The summed E-state index contributed by atoms with van der Waals surface area (Å²) < 4.78 is 23.7. The Kier molecular flexibility index (Phi) is 4.61. The second-order valence-corrected chi connectivity index (χ2v) is 6.19. The third-order valence-electron chi connectivity index (χ3n) is 2.72. The lowest BCUT2D eigenvalue weighted by atomic mass is 10.2. The predicted octanol–water partition coefficient (Wildman–Crippen LogP) is 0.500. The molecule has 0 aliphatic rings. The first-order chi connectivity index (χ1) is 9.86. The SMILES string of the molecule is NS(=O)(=O)c1ccc(CNC(=O)Cn2ccnc2Cl)cc1. The number of benzene rings is 1. The summed E-state index contributed by atoms with van der Waals surface area (Å²) in [4.78, 5) is 15.6. The fraction of sp³-hybridized carbons (Fsp3) is 0.167. The lowest BCUT2D eigenvalue weighted by Gasteiger charge is -2.07. The highest BCUT2D eigenvalue weighted by molar-refractivity contribution is 7.89. The lowest BCUT2D eigenvalue weighted by molar-refractivity contribution is -0.121. The molecule has 1 heterocycles. The van der Waals surface area contributed by atoms with E-state index < -0.39 is 10.0 Å². The third kappa shape index (κ3) is 4.28. The predicted molar refractivity (Wildman–Crippen MR) is 76.9 cm³/mol. The van der Waals surface area contributed by atoms with Gasteiger partial charge in [-0.1, -0.05) is 12.1 Å². The Morgan fingerprint density at radius 2 is 2.00 bits per heavy atom. The number of carbonyl (C=O) groups is 1. The molecule has 2 aromatic rings. The number of nitrogens with one attached hydrogen (secondary N) is 1. The van der Waals surface area contributed by atoms with Crippen molar-refractivity contribution < 1.29 is 13.2 Å². The van der Waals surface area contributed by atoms with Crippen LogP contribution in [0.2, 0.25) is 5.28 Å². The number of sulfonamides is 1. The fourth-order valence-corrected chi connectivity index (χ4v) is 2.33. The molecule has 1 aromatic carbocycles. The van der Waals surface area contributed by atoms with Gasteiger partial charge >= 0.3 is 0 Å². The molecule has 1 aromatic heterocycles. The molecule has 2 rings (SSSR count). The van der Waals surface area contributed by atoms with Gasteiger partial charge in [0.25, 0.3) is 0 Å². The Morgan fingerprint density at radius 1 is 1.33 bits per heavy atom. The molecule has 0 bridgehead atoms. The van der Waals surface area contributed by atoms with Gasteiger partial charge in [0.15, 0.2) is 0 Å². The molecule has 0 spiro atoms. The Hall–Kier alpha value is -1.90. The van der Waals surface area contributed by atoms with Crippen molar-refractivity contribution in [1.29, 1.82) is 0 Å². The van der Waals surface area contributed by atoms with Gasteiger partial charge in [-0.2, -0.15) is 0 Å². The number of amides is 1. The largest absolute Gasteiger partial charge is 0.350 e. The average Bonchev–Trinajstić information content (AvgIpc) is 2.81. The zero-order valence-corrected chi connectivity index (χ0v) is 12.4. The Bertz CT molecular complexity index is 740. The second kappa shape index (κ2) is 6.25. The van der Waals surface area contributed by atoms with Crippen LogP contribution in [0.3, 0.4) is 0 Å². The van der Waals surface area contributed by atoms with Crippen molar-refractivity contribution in [2.45, 2.75) is 18.0 Å². The van der Waals surface area contributed by atoms with E-state index in [0.717, 1.165) is 5.56 Å². The number of carbonyl (C=O) groups excluding carboxylic acids is 1. The molecule has 9 heteroatoms. The minimum Gasteiger partial charge on any atom is -0.350 e. The van der Waals surface area contributed by atoms with E-state index in [9.17, 15) is 13.2 Å². The van der Waals surface area contributed by atoms with Crippen molar-refractivity contribution in [3.05, 3.63) is 47.5 Å². The van der Waals surface area contributed by atoms with Gasteiger partial charge in [-0.25, -0.2) is 18.5 Å². The monoisotopic (exact) mass is 328 g/mol. The number of primary sulfonamides is 1. The van der Waals surface area contributed by atoms with Crippen LogP contribution in [0.25, 0.3) is 0 Å². The van der Waals surface area contributed by atoms with Gasteiger partial charge in [-0.3, -0.25) is 4.79 Å². The molecule has 0 saturated heterocycles. The van der Waals surface area contributed by atoms with Crippen LogP contribution < -0.4 is 10.5 Å². The summed E-state index contributed by atoms with van der Waals surface area (Å²) in [5, 5.41) is 7.93. The summed E-state index contributed by atoms with van der Waals surface area (Å²) >= 11 is 5.76. The number of hydrogen-bond donors (Lipinski definition) is 2.